The summed E-state index contributed by atoms with van der Waals surface area (Å²) in [6, 6.07) is 0. The SMILES string of the molecule is COCCN1CCC[C@H](OC(=O)[C@@H](C)SC[C@H]2CCCO2)C1. The summed E-state index contributed by atoms with van der Waals surface area (Å²) in [6.45, 7) is 6.35. The van der Waals surface area contributed by atoms with Crippen molar-refractivity contribution < 1.29 is 19.0 Å². The number of methoxy groups -OCH3 is 1. The second-order valence-corrected chi connectivity index (χ2v) is 7.48. The van der Waals surface area contributed by atoms with E-state index < -0.39 is 0 Å². The van der Waals surface area contributed by atoms with Gasteiger partial charge in [0, 0.05) is 32.6 Å². The van der Waals surface area contributed by atoms with Crippen LogP contribution in [0.15, 0.2) is 0 Å². The topological polar surface area (TPSA) is 48.0 Å². The van der Waals surface area contributed by atoms with E-state index >= 15 is 0 Å². The Labute approximate surface area is 138 Å². The summed E-state index contributed by atoms with van der Waals surface area (Å²) >= 11 is 1.65. The Balaban J connectivity index is 1.66. The van der Waals surface area contributed by atoms with Crippen LogP contribution in [0.3, 0.4) is 0 Å². The van der Waals surface area contributed by atoms with E-state index in [1.807, 2.05) is 6.92 Å². The first kappa shape index (κ1) is 18.0. The van der Waals surface area contributed by atoms with Crippen LogP contribution in [0.1, 0.15) is 32.6 Å². The molecule has 0 aromatic rings. The zero-order valence-electron chi connectivity index (χ0n) is 13.8. The molecule has 0 radical (unpaired) electrons. The number of piperidine rings is 1. The van der Waals surface area contributed by atoms with Crippen LogP contribution in [-0.4, -0.2) is 74.0 Å². The second kappa shape index (κ2) is 9.75. The molecule has 2 aliphatic heterocycles. The van der Waals surface area contributed by atoms with Crippen molar-refractivity contribution in [3.63, 3.8) is 0 Å². The molecule has 0 saturated carbocycles. The molecule has 6 heteroatoms. The van der Waals surface area contributed by atoms with E-state index in [0.717, 1.165) is 64.3 Å². The summed E-state index contributed by atoms with van der Waals surface area (Å²) in [6.07, 6.45) is 4.66. The molecular weight excluding hydrogens is 302 g/mol. The molecule has 0 N–H and O–H groups in total. The van der Waals surface area contributed by atoms with E-state index in [2.05, 4.69) is 4.90 Å². The fourth-order valence-corrected chi connectivity index (χ4v) is 3.85. The molecule has 0 unspecified atom stereocenters. The van der Waals surface area contributed by atoms with E-state index in [9.17, 15) is 4.79 Å². The minimum atomic E-state index is -0.112. The number of nitrogens with zero attached hydrogens (tertiary/aromatic N) is 1. The third-order valence-electron chi connectivity index (χ3n) is 4.24. The Morgan fingerprint density at radius 2 is 2.27 bits per heavy atom. The van der Waals surface area contributed by atoms with Gasteiger partial charge in [0.1, 0.15) is 6.10 Å². The highest BCUT2D eigenvalue weighted by atomic mass is 32.2. The zero-order valence-corrected chi connectivity index (χ0v) is 14.6. The molecule has 2 saturated heterocycles. The number of hydrogen-bond donors (Lipinski definition) is 0. The van der Waals surface area contributed by atoms with Gasteiger partial charge >= 0.3 is 5.97 Å². The van der Waals surface area contributed by atoms with Gasteiger partial charge < -0.3 is 14.2 Å². The van der Waals surface area contributed by atoms with Gasteiger partial charge in [-0.1, -0.05) is 0 Å². The van der Waals surface area contributed by atoms with E-state index in [1.165, 1.54) is 0 Å². The molecule has 0 aliphatic carbocycles. The molecule has 5 nitrogen and oxygen atoms in total. The van der Waals surface area contributed by atoms with E-state index in [0.29, 0.717) is 6.10 Å². The Kier molecular flexibility index (Phi) is 8.00. The standard InChI is InChI=1S/C16H29NO4S/c1-13(22-12-15-6-4-9-20-15)16(18)21-14-5-3-7-17(11-14)8-10-19-2/h13-15H,3-12H2,1-2H3/t13-,14+,15-/m1/s1. The van der Waals surface area contributed by atoms with Crippen LogP contribution in [0.4, 0.5) is 0 Å². The fraction of sp³-hybridized carbons (Fsp3) is 0.938. The average Bonchev–Trinajstić information content (AvgIpc) is 3.04. The van der Waals surface area contributed by atoms with Gasteiger partial charge in [-0.3, -0.25) is 9.69 Å². The first-order valence-corrected chi connectivity index (χ1v) is 9.39. The van der Waals surface area contributed by atoms with E-state index in [1.54, 1.807) is 18.9 Å². The number of carbonyl (C=O) groups is 1. The quantitative estimate of drug-likeness (QED) is 0.634. The summed E-state index contributed by atoms with van der Waals surface area (Å²) in [5, 5.41) is -0.112. The monoisotopic (exact) mass is 331 g/mol. The minimum absolute atomic E-state index is 0.0314. The molecule has 2 rings (SSSR count). The number of thioether (sulfide) groups is 1. The molecule has 22 heavy (non-hydrogen) atoms. The Hall–Kier alpha value is -0.300. The largest absolute Gasteiger partial charge is 0.460 e. The van der Waals surface area contributed by atoms with Crippen LogP contribution < -0.4 is 0 Å². The van der Waals surface area contributed by atoms with Crippen LogP contribution in [0.5, 0.6) is 0 Å². The third kappa shape index (κ3) is 6.07. The van der Waals surface area contributed by atoms with Crippen LogP contribution in [0.2, 0.25) is 0 Å². The number of carbonyl (C=O) groups excluding carboxylic acids is 1. The summed E-state index contributed by atoms with van der Waals surface area (Å²) < 4.78 is 16.4. The van der Waals surface area contributed by atoms with Crippen molar-refractivity contribution >= 4 is 17.7 Å². The van der Waals surface area contributed by atoms with E-state index in [4.69, 9.17) is 14.2 Å². The lowest BCUT2D eigenvalue weighted by Crippen LogP contribution is -2.42. The molecule has 0 aromatic heterocycles. The Bertz CT molecular complexity index is 336. The molecule has 0 amide bonds. The summed E-state index contributed by atoms with van der Waals surface area (Å²) in [7, 11) is 1.72. The molecular formula is C16H29NO4S. The third-order valence-corrected chi connectivity index (χ3v) is 5.50. The molecule has 128 valence electrons. The van der Waals surface area contributed by atoms with Gasteiger partial charge in [-0.2, -0.15) is 0 Å². The number of rotatable bonds is 8. The molecule has 3 atom stereocenters. The maximum absolute atomic E-state index is 12.2. The van der Waals surface area contributed by atoms with Gasteiger partial charge in [0.25, 0.3) is 0 Å². The van der Waals surface area contributed by atoms with Crippen LogP contribution in [0.25, 0.3) is 0 Å². The van der Waals surface area contributed by atoms with Gasteiger partial charge in [-0.05, 0) is 39.2 Å². The van der Waals surface area contributed by atoms with Crippen molar-refractivity contribution in [3.05, 3.63) is 0 Å². The van der Waals surface area contributed by atoms with Gasteiger partial charge in [-0.25, -0.2) is 0 Å². The Morgan fingerprint density at radius 3 is 3.00 bits per heavy atom. The maximum Gasteiger partial charge on any atom is 0.319 e. The van der Waals surface area contributed by atoms with Crippen molar-refractivity contribution in [2.45, 2.75) is 50.1 Å². The first-order chi connectivity index (χ1) is 10.7. The Morgan fingerprint density at radius 1 is 1.41 bits per heavy atom. The fourth-order valence-electron chi connectivity index (χ4n) is 2.89. The van der Waals surface area contributed by atoms with Crippen molar-refractivity contribution in [3.8, 4) is 0 Å². The predicted molar refractivity (Wildman–Crippen MR) is 88.3 cm³/mol. The van der Waals surface area contributed by atoms with Crippen molar-refractivity contribution in [2.75, 3.05) is 45.7 Å². The highest BCUT2D eigenvalue weighted by Gasteiger charge is 2.26. The maximum atomic E-state index is 12.2. The lowest BCUT2D eigenvalue weighted by molar-refractivity contribution is -0.150. The molecule has 2 fully saturated rings. The van der Waals surface area contributed by atoms with Crippen LogP contribution >= 0.6 is 11.8 Å². The van der Waals surface area contributed by atoms with Crippen LogP contribution in [0, 0.1) is 0 Å². The van der Waals surface area contributed by atoms with Crippen molar-refractivity contribution in [1.29, 1.82) is 0 Å². The van der Waals surface area contributed by atoms with E-state index in [-0.39, 0.29) is 17.3 Å². The smallest absolute Gasteiger partial charge is 0.319 e. The van der Waals surface area contributed by atoms with Gasteiger partial charge in [0.15, 0.2) is 0 Å². The number of likely N-dealkylation sites (tertiary alicyclic amines) is 1. The predicted octanol–water partition coefficient (Wildman–Crippen LogP) is 1.94. The minimum Gasteiger partial charge on any atom is -0.460 e. The molecule has 0 spiro atoms. The zero-order chi connectivity index (χ0) is 15.8. The normalized spacial score (nSPS) is 27.7. The molecule has 0 aromatic carbocycles. The first-order valence-electron chi connectivity index (χ1n) is 8.34. The summed E-state index contributed by atoms with van der Waals surface area (Å²) in [5.41, 5.74) is 0. The second-order valence-electron chi connectivity index (χ2n) is 6.11. The summed E-state index contributed by atoms with van der Waals surface area (Å²) in [5.74, 6) is 0.808. The lowest BCUT2D eigenvalue weighted by Gasteiger charge is -2.32. The van der Waals surface area contributed by atoms with Gasteiger partial charge in [0.05, 0.1) is 18.0 Å². The lowest BCUT2D eigenvalue weighted by atomic mass is 10.1. The van der Waals surface area contributed by atoms with Crippen molar-refractivity contribution in [2.24, 2.45) is 0 Å². The molecule has 0 bridgehead atoms. The molecule has 2 heterocycles. The number of hydrogen-bond acceptors (Lipinski definition) is 6. The highest BCUT2D eigenvalue weighted by Crippen LogP contribution is 2.22. The van der Waals surface area contributed by atoms with Gasteiger partial charge in [-0.15, -0.1) is 11.8 Å². The van der Waals surface area contributed by atoms with Crippen molar-refractivity contribution in [1.82, 2.24) is 4.90 Å². The molecule has 2 aliphatic rings. The number of esters is 1. The van der Waals surface area contributed by atoms with Crippen LogP contribution in [-0.2, 0) is 19.0 Å². The average molecular weight is 331 g/mol. The summed E-state index contributed by atoms with van der Waals surface area (Å²) in [4.78, 5) is 14.5. The highest BCUT2D eigenvalue weighted by molar-refractivity contribution is 8.00. The number of ether oxygens (including phenoxy) is 3. The van der Waals surface area contributed by atoms with Gasteiger partial charge in [0.2, 0.25) is 0 Å².